The van der Waals surface area contributed by atoms with Gasteiger partial charge in [-0.1, -0.05) is 67.1 Å². The third kappa shape index (κ3) is 3.73. The second-order valence-corrected chi connectivity index (χ2v) is 5.19. The monoisotopic (exact) mass is 238 g/mol. The lowest BCUT2D eigenvalue weighted by Gasteiger charge is -2.12. The van der Waals surface area contributed by atoms with E-state index in [-0.39, 0.29) is 0 Å². The van der Waals surface area contributed by atoms with Crippen LogP contribution >= 0.6 is 0 Å². The van der Waals surface area contributed by atoms with Crippen molar-refractivity contribution in [1.29, 1.82) is 0 Å². The summed E-state index contributed by atoms with van der Waals surface area (Å²) in [5, 5.41) is 0. The summed E-state index contributed by atoms with van der Waals surface area (Å²) >= 11 is 0. The van der Waals surface area contributed by atoms with E-state index in [0.717, 1.165) is 0 Å². The molecule has 0 amide bonds. The molecule has 0 aliphatic carbocycles. The highest BCUT2D eigenvalue weighted by molar-refractivity contribution is 5.24. The van der Waals surface area contributed by atoms with Crippen LogP contribution in [0.25, 0.3) is 0 Å². The van der Waals surface area contributed by atoms with Crippen molar-refractivity contribution in [1.82, 2.24) is 0 Å². The maximum Gasteiger partial charge on any atom is -0.0190 e. The average Bonchev–Trinajstić information content (AvgIpc) is 2.40. The molecule has 0 radical (unpaired) electrons. The predicted octanol–water partition coefficient (Wildman–Crippen LogP) is 5.12. The topological polar surface area (TPSA) is 0 Å². The van der Waals surface area contributed by atoms with Gasteiger partial charge in [-0.05, 0) is 43.2 Å². The minimum absolute atomic E-state index is 0.661. The summed E-state index contributed by atoms with van der Waals surface area (Å²) in [5.41, 5.74) is 4.26. The average molecular weight is 238 g/mol. The highest BCUT2D eigenvalue weighted by Gasteiger charge is 2.04. The van der Waals surface area contributed by atoms with Crippen LogP contribution < -0.4 is 0 Å². The van der Waals surface area contributed by atoms with Gasteiger partial charge in [0.25, 0.3) is 0 Å². The molecule has 0 spiro atoms. The summed E-state index contributed by atoms with van der Waals surface area (Å²) in [7, 11) is 0. The van der Waals surface area contributed by atoms with Crippen LogP contribution in [0.15, 0.2) is 54.6 Å². The number of aryl methyl sites for hydroxylation is 2. The molecule has 1 atom stereocenters. The van der Waals surface area contributed by atoms with Crippen molar-refractivity contribution in [2.45, 2.75) is 39.0 Å². The largest absolute Gasteiger partial charge is 0.0622 e. The third-order valence-electron chi connectivity index (χ3n) is 3.59. The molecule has 0 aliphatic rings. The van der Waals surface area contributed by atoms with Gasteiger partial charge < -0.3 is 0 Å². The molecule has 1 unspecified atom stereocenters. The highest BCUT2D eigenvalue weighted by Crippen LogP contribution is 2.21. The SMILES string of the molecule is Cc1ccc(C(C)CCCc2ccccc2)cc1. The van der Waals surface area contributed by atoms with Crippen LogP contribution in [0.4, 0.5) is 0 Å². The Hall–Kier alpha value is -1.56. The maximum atomic E-state index is 2.33. The van der Waals surface area contributed by atoms with Crippen molar-refractivity contribution in [3.63, 3.8) is 0 Å². The van der Waals surface area contributed by atoms with E-state index in [2.05, 4.69) is 68.4 Å². The smallest absolute Gasteiger partial charge is 0.0190 e. The predicted molar refractivity (Wildman–Crippen MR) is 79.0 cm³/mol. The van der Waals surface area contributed by atoms with Gasteiger partial charge >= 0.3 is 0 Å². The lowest BCUT2D eigenvalue weighted by Crippen LogP contribution is -1.95. The van der Waals surface area contributed by atoms with E-state index < -0.39 is 0 Å². The van der Waals surface area contributed by atoms with Crippen molar-refractivity contribution in [3.05, 3.63) is 71.3 Å². The Labute approximate surface area is 111 Å². The van der Waals surface area contributed by atoms with E-state index in [1.54, 1.807) is 0 Å². The van der Waals surface area contributed by atoms with E-state index >= 15 is 0 Å². The fourth-order valence-corrected chi connectivity index (χ4v) is 2.32. The number of rotatable bonds is 5. The van der Waals surface area contributed by atoms with Gasteiger partial charge in [-0.3, -0.25) is 0 Å². The molecule has 18 heavy (non-hydrogen) atoms. The fourth-order valence-electron chi connectivity index (χ4n) is 2.32. The molecule has 0 saturated heterocycles. The Balaban J connectivity index is 1.81. The summed E-state index contributed by atoms with van der Waals surface area (Å²) in [6, 6.07) is 19.7. The molecule has 0 heteroatoms. The Morgan fingerprint density at radius 2 is 1.56 bits per heavy atom. The lowest BCUT2D eigenvalue weighted by molar-refractivity contribution is 0.633. The van der Waals surface area contributed by atoms with Gasteiger partial charge in [0, 0.05) is 0 Å². The third-order valence-corrected chi connectivity index (χ3v) is 3.59. The first-order chi connectivity index (χ1) is 8.75. The second kappa shape index (κ2) is 6.39. The molecule has 0 fully saturated rings. The number of hydrogen-bond acceptors (Lipinski definition) is 0. The normalized spacial score (nSPS) is 12.3. The van der Waals surface area contributed by atoms with Crippen LogP contribution in [-0.2, 0) is 6.42 Å². The molecule has 0 aromatic heterocycles. The van der Waals surface area contributed by atoms with Gasteiger partial charge in [-0.25, -0.2) is 0 Å². The van der Waals surface area contributed by atoms with Crippen molar-refractivity contribution in [2.24, 2.45) is 0 Å². The molecule has 94 valence electrons. The van der Waals surface area contributed by atoms with Gasteiger partial charge in [-0.2, -0.15) is 0 Å². The standard InChI is InChI=1S/C18H22/c1-15-11-13-18(14-12-15)16(2)7-6-10-17-8-4-3-5-9-17/h3-5,8-9,11-14,16H,6-7,10H2,1-2H3. The van der Waals surface area contributed by atoms with Crippen LogP contribution in [0.3, 0.4) is 0 Å². The Kier molecular flexibility index (Phi) is 4.58. The molecule has 0 aliphatic heterocycles. The molecule has 0 saturated carbocycles. The van der Waals surface area contributed by atoms with Gasteiger partial charge in [0.15, 0.2) is 0 Å². The van der Waals surface area contributed by atoms with Crippen molar-refractivity contribution in [3.8, 4) is 0 Å². The van der Waals surface area contributed by atoms with Crippen LogP contribution in [0, 0.1) is 6.92 Å². The van der Waals surface area contributed by atoms with E-state index in [9.17, 15) is 0 Å². The van der Waals surface area contributed by atoms with Crippen molar-refractivity contribution < 1.29 is 0 Å². The van der Waals surface area contributed by atoms with Crippen molar-refractivity contribution >= 4 is 0 Å². The summed E-state index contributed by atoms with van der Waals surface area (Å²) in [4.78, 5) is 0. The van der Waals surface area contributed by atoms with Gasteiger partial charge in [0.05, 0.1) is 0 Å². The summed E-state index contributed by atoms with van der Waals surface area (Å²) < 4.78 is 0. The van der Waals surface area contributed by atoms with E-state index in [1.165, 1.54) is 36.0 Å². The van der Waals surface area contributed by atoms with E-state index in [4.69, 9.17) is 0 Å². The fraction of sp³-hybridized carbons (Fsp3) is 0.333. The maximum absolute atomic E-state index is 2.33. The molecule has 2 aromatic rings. The van der Waals surface area contributed by atoms with Crippen LogP contribution in [0.5, 0.6) is 0 Å². The first-order valence-corrected chi connectivity index (χ1v) is 6.86. The molecule has 0 N–H and O–H groups in total. The molecule has 2 rings (SSSR count). The molecule has 2 aromatic carbocycles. The van der Waals surface area contributed by atoms with Gasteiger partial charge in [0.1, 0.15) is 0 Å². The van der Waals surface area contributed by atoms with Crippen molar-refractivity contribution in [2.75, 3.05) is 0 Å². The zero-order valence-corrected chi connectivity index (χ0v) is 11.4. The zero-order chi connectivity index (χ0) is 12.8. The Bertz CT molecular complexity index is 453. The van der Waals surface area contributed by atoms with Crippen LogP contribution in [0.1, 0.15) is 42.4 Å². The molecule has 0 heterocycles. The molecule has 0 bridgehead atoms. The lowest BCUT2D eigenvalue weighted by atomic mass is 9.94. The summed E-state index contributed by atoms with van der Waals surface area (Å²) in [5.74, 6) is 0.661. The van der Waals surface area contributed by atoms with Crippen LogP contribution in [-0.4, -0.2) is 0 Å². The number of benzene rings is 2. The Morgan fingerprint density at radius 3 is 2.22 bits per heavy atom. The zero-order valence-electron chi connectivity index (χ0n) is 11.4. The minimum Gasteiger partial charge on any atom is -0.0622 e. The van der Waals surface area contributed by atoms with Gasteiger partial charge in [0.2, 0.25) is 0 Å². The quantitative estimate of drug-likeness (QED) is 0.678. The van der Waals surface area contributed by atoms with Gasteiger partial charge in [-0.15, -0.1) is 0 Å². The molecular formula is C18H22. The number of hydrogen-bond donors (Lipinski definition) is 0. The Morgan fingerprint density at radius 1 is 0.889 bits per heavy atom. The summed E-state index contributed by atoms with van der Waals surface area (Å²) in [6.07, 6.45) is 3.72. The minimum atomic E-state index is 0.661. The van der Waals surface area contributed by atoms with Crippen LogP contribution in [0.2, 0.25) is 0 Å². The first kappa shape index (κ1) is 12.9. The van der Waals surface area contributed by atoms with E-state index in [0.29, 0.717) is 5.92 Å². The molecular weight excluding hydrogens is 216 g/mol. The highest BCUT2D eigenvalue weighted by atomic mass is 14.1. The summed E-state index contributed by atoms with van der Waals surface area (Å²) in [6.45, 7) is 4.47. The first-order valence-electron chi connectivity index (χ1n) is 6.86. The molecule has 0 nitrogen and oxygen atoms in total. The second-order valence-electron chi connectivity index (χ2n) is 5.19. The van der Waals surface area contributed by atoms with E-state index in [1.807, 2.05) is 0 Å².